The summed E-state index contributed by atoms with van der Waals surface area (Å²) >= 11 is 1.17. The van der Waals surface area contributed by atoms with Gasteiger partial charge in [0.1, 0.15) is 11.3 Å². The lowest BCUT2D eigenvalue weighted by atomic mass is 10.1. The van der Waals surface area contributed by atoms with Crippen molar-refractivity contribution in [1.29, 1.82) is 0 Å². The van der Waals surface area contributed by atoms with Crippen molar-refractivity contribution in [2.45, 2.75) is 63.3 Å². The summed E-state index contributed by atoms with van der Waals surface area (Å²) in [5.74, 6) is -5.65. The predicted molar refractivity (Wildman–Crippen MR) is 169 cm³/mol. The molecule has 1 amide bonds. The molecule has 1 aliphatic rings. The van der Waals surface area contributed by atoms with E-state index >= 15 is 0 Å². The van der Waals surface area contributed by atoms with E-state index in [2.05, 4.69) is 39.0 Å². The van der Waals surface area contributed by atoms with Crippen LogP contribution >= 0.6 is 11.3 Å². The van der Waals surface area contributed by atoms with Crippen LogP contribution in [0.5, 0.6) is 5.75 Å². The number of phenols is 1. The van der Waals surface area contributed by atoms with Gasteiger partial charge in [0.2, 0.25) is 5.91 Å². The van der Waals surface area contributed by atoms with Crippen LogP contribution in [0, 0.1) is 0 Å². The third kappa shape index (κ3) is 14.9. The van der Waals surface area contributed by atoms with E-state index in [9.17, 15) is 41.0 Å². The van der Waals surface area contributed by atoms with Crippen LogP contribution in [0.1, 0.15) is 43.2 Å². The molecule has 0 radical (unpaired) electrons. The number of nitrogens with one attached hydrogen (secondary N) is 1. The van der Waals surface area contributed by atoms with Crippen LogP contribution in [-0.4, -0.2) is 99.1 Å². The van der Waals surface area contributed by atoms with E-state index in [1.165, 1.54) is 42.6 Å². The van der Waals surface area contributed by atoms with Gasteiger partial charge in [0.15, 0.2) is 0 Å². The van der Waals surface area contributed by atoms with Crippen LogP contribution < -0.4 is 10.6 Å². The van der Waals surface area contributed by atoms with Crippen molar-refractivity contribution in [1.82, 2.24) is 14.8 Å². The number of benzene rings is 2. The number of fused-ring (bicyclic) bond motifs is 1. The molecule has 0 atom stereocenters. The third-order valence-electron chi connectivity index (χ3n) is 7.57. The van der Waals surface area contributed by atoms with Crippen molar-refractivity contribution >= 4 is 39.4 Å². The molecule has 0 aliphatic heterocycles. The van der Waals surface area contributed by atoms with Crippen molar-refractivity contribution in [2.24, 2.45) is 5.73 Å². The number of alkyl halides is 6. The number of phenolic OH excluding ortho intramolecular Hbond substituents is 1. The van der Waals surface area contributed by atoms with Crippen molar-refractivity contribution in [3.63, 3.8) is 0 Å². The monoisotopic (exact) mass is 724 g/mol. The number of aromatic hydroxyl groups is 1. The Morgan fingerprint density at radius 1 is 0.837 bits per heavy atom. The minimum absolute atomic E-state index is 0.123. The number of aliphatic carboxylic acids is 2. The first kappa shape index (κ1) is 41.0. The molecule has 0 spiro atoms. The second kappa shape index (κ2) is 19.1. The van der Waals surface area contributed by atoms with E-state index in [0.29, 0.717) is 24.5 Å². The average molecular weight is 725 g/mol. The molecule has 1 heterocycles. The molecule has 49 heavy (non-hydrogen) atoms. The molecule has 0 bridgehead atoms. The Morgan fingerprint density at radius 2 is 1.41 bits per heavy atom. The molecule has 272 valence electrons. The molecule has 1 aromatic heterocycles. The molecule has 4 rings (SSSR count). The number of carbonyl (C=O) groups is 3. The fourth-order valence-corrected chi connectivity index (χ4v) is 5.98. The highest BCUT2D eigenvalue weighted by molar-refractivity contribution is 7.16. The summed E-state index contributed by atoms with van der Waals surface area (Å²) in [6.07, 6.45) is -3.06. The zero-order valence-electron chi connectivity index (χ0n) is 26.2. The molecule has 18 heteroatoms. The Balaban J connectivity index is 0.000000500. The van der Waals surface area contributed by atoms with Gasteiger partial charge in [-0.25, -0.2) is 9.59 Å². The first-order chi connectivity index (χ1) is 22.9. The van der Waals surface area contributed by atoms with Crippen LogP contribution in [0.2, 0.25) is 0 Å². The third-order valence-corrected chi connectivity index (χ3v) is 8.53. The number of hydrogen-bond donors (Lipinski definition) is 5. The second-order valence-corrected chi connectivity index (χ2v) is 12.1. The Bertz CT molecular complexity index is 1530. The minimum atomic E-state index is -5.08. The molecule has 1 aliphatic carbocycles. The lowest BCUT2D eigenvalue weighted by molar-refractivity contribution is -0.193. The van der Waals surface area contributed by atoms with Crippen molar-refractivity contribution < 1.29 is 56.0 Å². The maximum absolute atomic E-state index is 11.9. The maximum Gasteiger partial charge on any atom is 0.490 e. The van der Waals surface area contributed by atoms with Gasteiger partial charge in [0.25, 0.3) is 0 Å². The minimum Gasteiger partial charge on any atom is -0.506 e. The number of primary amides is 1. The average Bonchev–Trinajstić information content (AvgIpc) is 3.70. The molecule has 0 saturated heterocycles. The number of nitrogens with zero attached hydrogens (tertiary/aromatic N) is 2. The van der Waals surface area contributed by atoms with Gasteiger partial charge >= 0.3 is 29.2 Å². The van der Waals surface area contributed by atoms with Crippen LogP contribution in [-0.2, 0) is 27.2 Å². The quantitative estimate of drug-likeness (QED) is 0.156. The Hall–Kier alpha value is -4.16. The van der Waals surface area contributed by atoms with Gasteiger partial charge in [-0.05, 0) is 42.9 Å². The Kier molecular flexibility index (Phi) is 16.0. The van der Waals surface area contributed by atoms with Crippen LogP contribution in [0.15, 0.2) is 47.3 Å². The van der Waals surface area contributed by atoms with E-state index in [1.807, 2.05) is 12.1 Å². The van der Waals surface area contributed by atoms with Gasteiger partial charge in [-0.15, -0.1) is 0 Å². The summed E-state index contributed by atoms with van der Waals surface area (Å²) in [6, 6.07) is 14.6. The summed E-state index contributed by atoms with van der Waals surface area (Å²) in [5, 5.41) is 24.4. The SMILES string of the molecule is NC(=O)CCN(CCc1ccccc1)CCN(CCc1ccc(O)c2[nH]c(=O)sc12)C1CCCC1.O=C(O)C(F)(F)F.O=C(O)C(F)(F)F. The zero-order valence-corrected chi connectivity index (χ0v) is 27.0. The summed E-state index contributed by atoms with van der Waals surface area (Å²) in [5.41, 5.74) is 8.39. The number of rotatable bonds is 13. The van der Waals surface area contributed by atoms with E-state index < -0.39 is 24.3 Å². The van der Waals surface area contributed by atoms with Crippen LogP contribution in [0.4, 0.5) is 26.3 Å². The van der Waals surface area contributed by atoms with Gasteiger partial charge in [0.05, 0.1) is 4.70 Å². The number of nitrogens with two attached hydrogens (primary N) is 1. The molecular weight excluding hydrogens is 686 g/mol. The standard InChI is InChI=1S/C27H36N4O3S.2C2HF3O2/c28-24(33)14-16-30(15-12-20-6-2-1-3-7-20)18-19-31(22-8-4-5-9-22)17-13-21-10-11-23(32)25-26(21)35-27(34)29-25;2*3-2(4,5)1(6)7/h1-3,6-7,10-11,22,32H,4-5,8-9,12-19H2,(H2,28,33)(H,29,34);2*(H,6,7). The van der Waals surface area contributed by atoms with E-state index in [4.69, 9.17) is 25.5 Å². The number of carboxylic acid groups (broad SMARTS) is 2. The van der Waals surface area contributed by atoms with Gasteiger partial charge in [0, 0.05) is 45.2 Å². The van der Waals surface area contributed by atoms with E-state index in [-0.39, 0.29) is 16.5 Å². The highest BCUT2D eigenvalue weighted by Gasteiger charge is 2.39. The molecule has 11 nitrogen and oxygen atoms in total. The van der Waals surface area contributed by atoms with Crippen molar-refractivity contribution in [3.8, 4) is 5.75 Å². The van der Waals surface area contributed by atoms with E-state index in [0.717, 1.165) is 49.3 Å². The van der Waals surface area contributed by atoms with Crippen molar-refractivity contribution in [3.05, 3.63) is 63.3 Å². The van der Waals surface area contributed by atoms with Gasteiger partial charge in [-0.2, -0.15) is 26.3 Å². The molecule has 3 aromatic rings. The molecule has 6 N–H and O–H groups in total. The predicted octanol–water partition coefficient (Wildman–Crippen LogP) is 4.77. The second-order valence-electron chi connectivity index (χ2n) is 11.1. The lowest BCUT2D eigenvalue weighted by Gasteiger charge is -2.32. The number of halogens is 6. The normalized spacial score (nSPS) is 13.6. The summed E-state index contributed by atoms with van der Waals surface area (Å²) in [7, 11) is 0. The van der Waals surface area contributed by atoms with Gasteiger partial charge in [-0.3, -0.25) is 14.5 Å². The molecule has 0 unspecified atom stereocenters. The number of hydrogen-bond acceptors (Lipinski definition) is 8. The van der Waals surface area contributed by atoms with Gasteiger partial charge in [-0.1, -0.05) is 60.6 Å². The summed E-state index contributed by atoms with van der Waals surface area (Å²) in [4.78, 5) is 48.7. The summed E-state index contributed by atoms with van der Waals surface area (Å²) < 4.78 is 64.3. The van der Waals surface area contributed by atoms with Gasteiger partial charge < -0.3 is 30.9 Å². The molecular formula is C31H38F6N4O7S. The number of H-pyrrole nitrogens is 1. The molecule has 2 aromatic carbocycles. The van der Waals surface area contributed by atoms with Crippen molar-refractivity contribution in [2.75, 3.05) is 32.7 Å². The molecule has 1 saturated carbocycles. The Labute approximate surface area is 280 Å². The first-order valence-electron chi connectivity index (χ1n) is 15.1. The largest absolute Gasteiger partial charge is 0.506 e. The number of amides is 1. The number of aromatic nitrogens is 1. The lowest BCUT2D eigenvalue weighted by Crippen LogP contribution is -2.42. The number of carbonyl (C=O) groups excluding carboxylic acids is 1. The van der Waals surface area contributed by atoms with Crippen LogP contribution in [0.3, 0.4) is 0 Å². The number of carboxylic acids is 2. The first-order valence-corrected chi connectivity index (χ1v) is 15.9. The summed E-state index contributed by atoms with van der Waals surface area (Å²) in [6.45, 7) is 4.29. The number of aromatic amines is 1. The topological polar surface area (TPSA) is 177 Å². The highest BCUT2D eigenvalue weighted by Crippen LogP contribution is 2.29. The smallest absolute Gasteiger partial charge is 0.490 e. The van der Waals surface area contributed by atoms with E-state index in [1.54, 1.807) is 6.07 Å². The number of thiazole rings is 1. The zero-order chi connectivity index (χ0) is 36.8. The Morgan fingerprint density at radius 3 is 1.94 bits per heavy atom. The van der Waals surface area contributed by atoms with Crippen LogP contribution in [0.25, 0.3) is 10.2 Å². The fraction of sp³-hybridized carbons (Fsp3) is 0.484. The molecule has 1 fully saturated rings. The fourth-order valence-electron chi connectivity index (χ4n) is 5.09. The maximum atomic E-state index is 11.9. The highest BCUT2D eigenvalue weighted by atomic mass is 32.1.